The molecular formula is C21H26F4N4O3. The molecule has 0 N–H and O–H groups in total. The maximum Gasteiger partial charge on any atom is 0.411 e. The van der Waals surface area contributed by atoms with Crippen molar-refractivity contribution in [3.05, 3.63) is 35.6 Å². The van der Waals surface area contributed by atoms with Crippen LogP contribution in [0, 0.1) is 5.82 Å². The summed E-state index contributed by atoms with van der Waals surface area (Å²) in [5.74, 6) is -0.774. The Balaban J connectivity index is 1.45. The lowest BCUT2D eigenvalue weighted by atomic mass is 10.1. The zero-order valence-electron chi connectivity index (χ0n) is 17.6. The van der Waals surface area contributed by atoms with Crippen LogP contribution < -0.4 is 0 Å². The van der Waals surface area contributed by atoms with Gasteiger partial charge in [0.1, 0.15) is 18.1 Å². The van der Waals surface area contributed by atoms with Crippen molar-refractivity contribution in [3.8, 4) is 0 Å². The molecule has 0 bridgehead atoms. The smallest absolute Gasteiger partial charge is 0.372 e. The summed E-state index contributed by atoms with van der Waals surface area (Å²) in [6, 6.07) is 5.76. The SMILES string of the molecule is O=C(C1=NN(Cc2ccc(F)cc2)C(=O)CC1)N1CCN(CCCOCC(F)(F)F)CC1. The van der Waals surface area contributed by atoms with Gasteiger partial charge in [-0.1, -0.05) is 12.1 Å². The third-order valence-electron chi connectivity index (χ3n) is 5.29. The van der Waals surface area contributed by atoms with Crippen molar-refractivity contribution in [2.45, 2.75) is 32.0 Å². The first-order valence-corrected chi connectivity index (χ1v) is 10.5. The zero-order valence-corrected chi connectivity index (χ0v) is 17.6. The largest absolute Gasteiger partial charge is 0.411 e. The number of hydrogen-bond acceptors (Lipinski definition) is 5. The molecule has 2 aliphatic heterocycles. The molecule has 7 nitrogen and oxygen atoms in total. The van der Waals surface area contributed by atoms with E-state index in [-0.39, 0.29) is 43.6 Å². The van der Waals surface area contributed by atoms with Gasteiger partial charge in [0.25, 0.3) is 5.91 Å². The minimum absolute atomic E-state index is 0.0351. The normalized spacial score (nSPS) is 18.1. The molecule has 0 aliphatic carbocycles. The van der Waals surface area contributed by atoms with Crippen LogP contribution in [0.4, 0.5) is 17.6 Å². The van der Waals surface area contributed by atoms with Crippen molar-refractivity contribution in [2.75, 3.05) is 45.9 Å². The number of ether oxygens (including phenoxy) is 1. The number of halogens is 4. The lowest BCUT2D eigenvalue weighted by molar-refractivity contribution is -0.174. The van der Waals surface area contributed by atoms with Gasteiger partial charge in [-0.15, -0.1) is 0 Å². The average molecular weight is 458 g/mol. The van der Waals surface area contributed by atoms with Crippen molar-refractivity contribution in [3.63, 3.8) is 0 Å². The fraction of sp³-hybridized carbons (Fsp3) is 0.571. The van der Waals surface area contributed by atoms with E-state index in [0.29, 0.717) is 50.4 Å². The van der Waals surface area contributed by atoms with Crippen LogP contribution in [0.15, 0.2) is 29.4 Å². The van der Waals surface area contributed by atoms with Crippen molar-refractivity contribution in [2.24, 2.45) is 5.10 Å². The van der Waals surface area contributed by atoms with Crippen LogP contribution >= 0.6 is 0 Å². The molecule has 1 saturated heterocycles. The molecule has 32 heavy (non-hydrogen) atoms. The fourth-order valence-electron chi connectivity index (χ4n) is 3.58. The van der Waals surface area contributed by atoms with Gasteiger partial charge in [0.2, 0.25) is 5.91 Å². The lowest BCUT2D eigenvalue weighted by Crippen LogP contribution is -2.51. The van der Waals surface area contributed by atoms with Gasteiger partial charge in [-0.2, -0.15) is 18.3 Å². The van der Waals surface area contributed by atoms with E-state index < -0.39 is 12.8 Å². The topological polar surface area (TPSA) is 65.5 Å². The quantitative estimate of drug-likeness (QED) is 0.444. The van der Waals surface area contributed by atoms with E-state index >= 15 is 0 Å². The Morgan fingerprint density at radius 2 is 1.75 bits per heavy atom. The van der Waals surface area contributed by atoms with Crippen LogP contribution in [0.1, 0.15) is 24.8 Å². The number of hydrogen-bond donors (Lipinski definition) is 0. The Kier molecular flexibility index (Phi) is 8.19. The molecule has 2 amide bonds. The molecule has 2 aliphatic rings. The summed E-state index contributed by atoms with van der Waals surface area (Å²) in [4.78, 5) is 28.8. The average Bonchev–Trinajstić information content (AvgIpc) is 2.76. The third-order valence-corrected chi connectivity index (χ3v) is 5.29. The van der Waals surface area contributed by atoms with Gasteiger partial charge in [0, 0.05) is 52.2 Å². The zero-order chi connectivity index (χ0) is 23.1. The number of carbonyl (C=O) groups excluding carboxylic acids is 2. The molecule has 0 radical (unpaired) electrons. The van der Waals surface area contributed by atoms with Gasteiger partial charge in [-0.3, -0.25) is 14.5 Å². The number of rotatable bonds is 8. The standard InChI is InChI=1S/C21H26F4N4O3/c22-17-4-2-16(3-5-17)14-29-19(30)7-6-18(26-29)20(31)28-11-9-27(10-12-28)8-1-13-32-15-21(23,24)25/h2-5H,1,6-15H2. The first-order chi connectivity index (χ1) is 15.2. The molecule has 176 valence electrons. The predicted molar refractivity (Wildman–Crippen MR) is 108 cm³/mol. The fourth-order valence-corrected chi connectivity index (χ4v) is 3.58. The Hall–Kier alpha value is -2.53. The molecule has 2 heterocycles. The molecular weight excluding hydrogens is 432 g/mol. The van der Waals surface area contributed by atoms with Gasteiger partial charge < -0.3 is 9.64 Å². The first-order valence-electron chi connectivity index (χ1n) is 10.5. The van der Waals surface area contributed by atoms with Crippen LogP contribution in [0.2, 0.25) is 0 Å². The van der Waals surface area contributed by atoms with Crippen molar-refractivity contribution in [1.29, 1.82) is 0 Å². The number of piperazine rings is 1. The summed E-state index contributed by atoms with van der Waals surface area (Å²) in [5, 5.41) is 5.51. The number of nitrogens with zero attached hydrogens (tertiary/aromatic N) is 4. The Morgan fingerprint density at radius 3 is 2.41 bits per heavy atom. The third kappa shape index (κ3) is 7.27. The first kappa shape index (κ1) is 24.1. The monoisotopic (exact) mass is 458 g/mol. The lowest BCUT2D eigenvalue weighted by Gasteiger charge is -2.35. The maximum atomic E-state index is 13.1. The number of hydrazone groups is 1. The number of benzene rings is 1. The highest BCUT2D eigenvalue weighted by Gasteiger charge is 2.30. The summed E-state index contributed by atoms with van der Waals surface area (Å²) in [6.07, 6.45) is -3.37. The molecule has 0 atom stereocenters. The van der Waals surface area contributed by atoms with E-state index in [1.807, 2.05) is 0 Å². The molecule has 0 saturated carbocycles. The van der Waals surface area contributed by atoms with E-state index in [9.17, 15) is 27.2 Å². The molecule has 1 fully saturated rings. The Labute approximate surface area is 183 Å². The summed E-state index contributed by atoms with van der Waals surface area (Å²) in [6.45, 7) is 1.74. The van der Waals surface area contributed by atoms with Crippen molar-refractivity contribution in [1.82, 2.24) is 14.8 Å². The summed E-state index contributed by atoms with van der Waals surface area (Å²) in [7, 11) is 0. The molecule has 0 aromatic heterocycles. The number of amides is 2. The summed E-state index contributed by atoms with van der Waals surface area (Å²) in [5.41, 5.74) is 1.03. The van der Waals surface area contributed by atoms with E-state index in [0.717, 1.165) is 0 Å². The predicted octanol–water partition coefficient (Wildman–Crippen LogP) is 2.42. The van der Waals surface area contributed by atoms with Crippen LogP contribution in [-0.4, -0.2) is 84.4 Å². The second-order valence-electron chi connectivity index (χ2n) is 7.78. The van der Waals surface area contributed by atoms with Crippen LogP contribution in [0.5, 0.6) is 0 Å². The highest BCUT2D eigenvalue weighted by Crippen LogP contribution is 2.17. The molecule has 11 heteroatoms. The Morgan fingerprint density at radius 1 is 1.06 bits per heavy atom. The van der Waals surface area contributed by atoms with Gasteiger partial charge in [0.05, 0.1) is 6.54 Å². The number of carbonyl (C=O) groups is 2. The van der Waals surface area contributed by atoms with Gasteiger partial charge in [-0.25, -0.2) is 9.40 Å². The van der Waals surface area contributed by atoms with Gasteiger partial charge >= 0.3 is 6.18 Å². The van der Waals surface area contributed by atoms with Crippen LogP contribution in [0.3, 0.4) is 0 Å². The summed E-state index contributed by atoms with van der Waals surface area (Å²) >= 11 is 0. The molecule has 3 rings (SSSR count). The van der Waals surface area contributed by atoms with Crippen LogP contribution in [0.25, 0.3) is 0 Å². The van der Waals surface area contributed by atoms with Gasteiger partial charge in [0.15, 0.2) is 0 Å². The molecule has 1 aromatic rings. The van der Waals surface area contributed by atoms with E-state index in [1.165, 1.54) is 17.1 Å². The minimum atomic E-state index is -4.31. The second kappa shape index (κ2) is 10.9. The molecule has 1 aromatic carbocycles. The van der Waals surface area contributed by atoms with Crippen molar-refractivity contribution < 1.29 is 31.9 Å². The van der Waals surface area contributed by atoms with Crippen LogP contribution in [-0.2, 0) is 20.9 Å². The van der Waals surface area contributed by atoms with Gasteiger partial charge in [-0.05, 0) is 24.1 Å². The highest BCUT2D eigenvalue weighted by molar-refractivity contribution is 6.39. The van der Waals surface area contributed by atoms with E-state index in [2.05, 4.69) is 14.7 Å². The molecule has 0 spiro atoms. The second-order valence-corrected chi connectivity index (χ2v) is 7.78. The van der Waals surface area contributed by atoms with Crippen molar-refractivity contribution >= 4 is 17.5 Å². The minimum Gasteiger partial charge on any atom is -0.372 e. The van der Waals surface area contributed by atoms with E-state index in [1.54, 1.807) is 17.0 Å². The van der Waals surface area contributed by atoms with E-state index in [4.69, 9.17) is 0 Å². The Bertz CT molecular complexity index is 821. The summed E-state index contributed by atoms with van der Waals surface area (Å²) < 4.78 is 53.9. The highest BCUT2D eigenvalue weighted by atomic mass is 19.4. The molecule has 0 unspecified atom stereocenters. The maximum absolute atomic E-state index is 13.1. The number of alkyl halides is 3.